The van der Waals surface area contributed by atoms with Crippen LogP contribution in [-0.2, 0) is 19.6 Å². The summed E-state index contributed by atoms with van der Waals surface area (Å²) in [6.07, 6.45) is 9.84. The van der Waals surface area contributed by atoms with Gasteiger partial charge in [0.25, 0.3) is 0 Å². The molecule has 0 aliphatic rings. The lowest BCUT2D eigenvalue weighted by Gasteiger charge is -2.20. The molecule has 0 N–H and O–H groups in total. The lowest BCUT2D eigenvalue weighted by Crippen LogP contribution is -2.24. The van der Waals surface area contributed by atoms with E-state index in [-0.39, 0.29) is 0 Å². The molecule has 0 saturated carbocycles. The van der Waals surface area contributed by atoms with Crippen LogP contribution in [0.5, 0.6) is 0 Å². The standard InChI is InChI=1S/C36H54O6/c1-12-13-14-15-16-17-18-19-20-21-32(39-41-35(37)33-28(8)24(4)22(2)25(5)29(33)9)40-42-36(38)34-30(10)26(6)23(3)27(7)31(34)11/h32H,12-21H2,1-11H3. The molecule has 2 rings (SSSR count). The molecule has 2 aromatic carbocycles. The monoisotopic (exact) mass is 582 g/mol. The Hall–Kier alpha value is -2.70. The number of hydrogen-bond donors (Lipinski definition) is 0. The topological polar surface area (TPSA) is 71.1 Å². The SMILES string of the molecule is CCCCCCCCCCCC(OOC(=O)c1c(C)c(C)c(C)c(C)c1C)OOC(=O)c1c(C)c(C)c(C)c(C)c1C. The average molecular weight is 583 g/mol. The number of carbonyl (C=O) groups excluding carboxylic acids is 2. The van der Waals surface area contributed by atoms with E-state index in [9.17, 15) is 9.59 Å². The van der Waals surface area contributed by atoms with Crippen molar-refractivity contribution in [3.63, 3.8) is 0 Å². The van der Waals surface area contributed by atoms with E-state index in [0.29, 0.717) is 17.5 Å². The van der Waals surface area contributed by atoms with Crippen LogP contribution in [-0.4, -0.2) is 18.2 Å². The Morgan fingerprint density at radius 2 is 0.738 bits per heavy atom. The Bertz CT molecular complexity index is 1100. The molecular formula is C36H54O6. The molecule has 6 heteroatoms. The summed E-state index contributed by atoms with van der Waals surface area (Å²) in [6.45, 7) is 22.0. The molecule has 0 spiro atoms. The highest BCUT2D eigenvalue weighted by atomic mass is 17.3. The highest BCUT2D eigenvalue weighted by molar-refractivity contribution is 5.94. The van der Waals surface area contributed by atoms with Crippen molar-refractivity contribution in [2.45, 2.75) is 147 Å². The summed E-state index contributed by atoms with van der Waals surface area (Å²) in [4.78, 5) is 48.0. The third-order valence-corrected chi connectivity index (χ3v) is 9.41. The highest BCUT2D eigenvalue weighted by Crippen LogP contribution is 2.28. The summed E-state index contributed by atoms with van der Waals surface area (Å²) in [5, 5.41) is 0. The fraction of sp³-hybridized carbons (Fsp3) is 0.611. The van der Waals surface area contributed by atoms with Gasteiger partial charge in [-0.3, -0.25) is 9.78 Å². The summed E-state index contributed by atoms with van der Waals surface area (Å²) < 4.78 is 0. The molecule has 0 unspecified atom stereocenters. The minimum atomic E-state index is -1.04. The number of rotatable bonds is 16. The number of carbonyl (C=O) groups is 2. The second-order valence-electron chi connectivity index (χ2n) is 12.0. The summed E-state index contributed by atoms with van der Waals surface area (Å²) >= 11 is 0. The van der Waals surface area contributed by atoms with E-state index in [1.54, 1.807) is 0 Å². The van der Waals surface area contributed by atoms with Crippen LogP contribution in [0.3, 0.4) is 0 Å². The summed E-state index contributed by atoms with van der Waals surface area (Å²) in [5.41, 5.74) is 11.0. The molecule has 0 aliphatic heterocycles. The predicted octanol–water partition coefficient (Wildman–Crippen LogP) is 9.89. The van der Waals surface area contributed by atoms with Gasteiger partial charge < -0.3 is 0 Å². The van der Waals surface area contributed by atoms with Crippen molar-refractivity contribution < 1.29 is 29.1 Å². The summed E-state index contributed by atoms with van der Waals surface area (Å²) in [7, 11) is 0. The molecule has 0 aliphatic carbocycles. The fourth-order valence-corrected chi connectivity index (χ4v) is 5.62. The van der Waals surface area contributed by atoms with Crippen molar-refractivity contribution >= 4 is 11.9 Å². The van der Waals surface area contributed by atoms with Crippen molar-refractivity contribution in [2.75, 3.05) is 0 Å². The van der Waals surface area contributed by atoms with Gasteiger partial charge in [0, 0.05) is 6.42 Å². The first kappa shape index (κ1) is 35.5. The quantitative estimate of drug-likeness (QED) is 0.0849. The maximum absolute atomic E-state index is 13.2. The van der Waals surface area contributed by atoms with Crippen molar-refractivity contribution in [1.29, 1.82) is 0 Å². The van der Waals surface area contributed by atoms with E-state index in [0.717, 1.165) is 74.9 Å². The molecular weight excluding hydrogens is 528 g/mol. The zero-order valence-corrected chi connectivity index (χ0v) is 28.1. The largest absolute Gasteiger partial charge is 0.373 e. The van der Waals surface area contributed by atoms with Gasteiger partial charge in [-0.05, 0) is 131 Å². The zero-order valence-electron chi connectivity index (χ0n) is 28.1. The second kappa shape index (κ2) is 16.8. The van der Waals surface area contributed by atoms with Gasteiger partial charge in [-0.25, -0.2) is 9.59 Å². The maximum Gasteiger partial charge on any atom is 0.373 e. The van der Waals surface area contributed by atoms with Gasteiger partial charge in [0.1, 0.15) is 0 Å². The molecule has 0 radical (unpaired) electrons. The Morgan fingerprint density at radius 3 is 1.07 bits per heavy atom. The smallest absolute Gasteiger partial charge is 0.290 e. The third kappa shape index (κ3) is 8.90. The lowest BCUT2D eigenvalue weighted by molar-refractivity contribution is -0.421. The van der Waals surface area contributed by atoms with Gasteiger partial charge in [-0.1, -0.05) is 58.3 Å². The van der Waals surface area contributed by atoms with Crippen molar-refractivity contribution in [1.82, 2.24) is 0 Å². The maximum atomic E-state index is 13.2. The summed E-state index contributed by atoms with van der Waals surface area (Å²) in [6, 6.07) is 0. The Labute approximate surface area is 254 Å². The molecule has 6 nitrogen and oxygen atoms in total. The molecule has 0 bridgehead atoms. The molecule has 42 heavy (non-hydrogen) atoms. The van der Waals surface area contributed by atoms with Crippen LogP contribution in [0.1, 0.15) is 147 Å². The molecule has 0 saturated heterocycles. The number of benzene rings is 2. The van der Waals surface area contributed by atoms with Crippen molar-refractivity contribution in [3.8, 4) is 0 Å². The number of hydrogen-bond acceptors (Lipinski definition) is 6. The second-order valence-corrected chi connectivity index (χ2v) is 12.0. The van der Waals surface area contributed by atoms with E-state index >= 15 is 0 Å². The molecule has 0 aromatic heterocycles. The van der Waals surface area contributed by atoms with Gasteiger partial charge >= 0.3 is 11.9 Å². The molecule has 0 atom stereocenters. The fourth-order valence-electron chi connectivity index (χ4n) is 5.62. The van der Waals surface area contributed by atoms with Gasteiger partial charge in [0.05, 0.1) is 11.1 Å². The van der Waals surface area contributed by atoms with E-state index < -0.39 is 18.2 Å². The van der Waals surface area contributed by atoms with Crippen LogP contribution in [0.25, 0.3) is 0 Å². The van der Waals surface area contributed by atoms with Crippen molar-refractivity contribution in [3.05, 3.63) is 66.8 Å². The van der Waals surface area contributed by atoms with E-state index in [1.807, 2.05) is 55.4 Å². The van der Waals surface area contributed by atoms with Gasteiger partial charge in [0.15, 0.2) is 0 Å². The van der Waals surface area contributed by atoms with E-state index in [2.05, 4.69) is 20.8 Å². The minimum Gasteiger partial charge on any atom is -0.290 e. The molecule has 0 heterocycles. The predicted molar refractivity (Wildman–Crippen MR) is 169 cm³/mol. The molecule has 2 aromatic rings. The molecule has 0 fully saturated rings. The van der Waals surface area contributed by atoms with Crippen molar-refractivity contribution in [2.24, 2.45) is 0 Å². The van der Waals surface area contributed by atoms with Crippen LogP contribution in [0.2, 0.25) is 0 Å². The first-order valence-electron chi connectivity index (χ1n) is 15.7. The zero-order chi connectivity index (χ0) is 31.6. The van der Waals surface area contributed by atoms with Crippen LogP contribution in [0.15, 0.2) is 0 Å². The Morgan fingerprint density at radius 1 is 0.452 bits per heavy atom. The van der Waals surface area contributed by atoms with Gasteiger partial charge in [-0.2, -0.15) is 0 Å². The first-order valence-corrected chi connectivity index (χ1v) is 15.7. The summed E-state index contributed by atoms with van der Waals surface area (Å²) in [5.74, 6) is -1.17. The third-order valence-electron chi connectivity index (χ3n) is 9.41. The van der Waals surface area contributed by atoms with Crippen LogP contribution in [0.4, 0.5) is 0 Å². The lowest BCUT2D eigenvalue weighted by atomic mass is 9.90. The minimum absolute atomic E-state index is 0.421. The Kier molecular flexibility index (Phi) is 14.2. The van der Waals surface area contributed by atoms with Crippen LogP contribution in [0, 0.1) is 69.2 Å². The molecule has 234 valence electrons. The average Bonchev–Trinajstić information content (AvgIpc) is 2.97. The first-order chi connectivity index (χ1) is 19.8. The highest BCUT2D eigenvalue weighted by Gasteiger charge is 2.25. The van der Waals surface area contributed by atoms with E-state index in [4.69, 9.17) is 19.6 Å². The van der Waals surface area contributed by atoms with E-state index in [1.165, 1.54) is 38.5 Å². The molecule has 0 amide bonds. The van der Waals surface area contributed by atoms with Gasteiger partial charge in [0.2, 0.25) is 6.29 Å². The number of unbranched alkanes of at least 4 members (excludes halogenated alkanes) is 8. The Balaban J connectivity index is 2.11. The normalized spacial score (nSPS) is 11.3. The van der Waals surface area contributed by atoms with Gasteiger partial charge in [-0.15, -0.1) is 9.78 Å². The van der Waals surface area contributed by atoms with Crippen LogP contribution >= 0.6 is 0 Å². The van der Waals surface area contributed by atoms with Crippen LogP contribution < -0.4 is 0 Å².